The van der Waals surface area contributed by atoms with Crippen molar-refractivity contribution in [2.45, 2.75) is 23.7 Å². The van der Waals surface area contributed by atoms with Crippen molar-refractivity contribution in [2.75, 3.05) is 0 Å². The highest BCUT2D eigenvalue weighted by Gasteiger charge is 2.50. The zero-order chi connectivity index (χ0) is 34.2. The van der Waals surface area contributed by atoms with Crippen LogP contribution in [0.3, 0.4) is 0 Å². The first kappa shape index (κ1) is 29.5. The minimum Gasteiger partial charge on any atom is -0.0622 e. The fourth-order valence-corrected chi connectivity index (χ4v) is 10.0. The molecule has 0 aliphatic heterocycles. The molecule has 6 aliphatic carbocycles. The Labute approximate surface area is 305 Å². The Morgan fingerprint density at radius 1 is 0.192 bits per heavy atom. The summed E-state index contributed by atoms with van der Waals surface area (Å²) in [5.41, 5.74) is 22.1. The van der Waals surface area contributed by atoms with E-state index in [-0.39, 0.29) is 23.7 Å². The second-order valence-electron chi connectivity index (χ2n) is 14.7. The summed E-state index contributed by atoms with van der Waals surface area (Å²) < 4.78 is 0. The molecule has 0 saturated carbocycles. The Morgan fingerprint density at radius 2 is 0.385 bits per heavy atom. The molecule has 8 aromatic carbocycles. The van der Waals surface area contributed by atoms with Gasteiger partial charge in [0.1, 0.15) is 0 Å². The zero-order valence-electron chi connectivity index (χ0n) is 28.8. The maximum Gasteiger partial charge on any atom is 0.0205 e. The van der Waals surface area contributed by atoms with Crippen molar-refractivity contribution in [3.8, 4) is 44.5 Å². The standard InChI is InChI=1S/C52H36/c1-5-17-33(18-6-1)41-29-45-46(30-42(41)34-19-7-2-8-20-34)50-38-26-14-13-25-37(38)49(45)51-39-27-15-16-28-40(39)52(50)48-32-44(36-23-11-4-12-24-36)43(31-47(48)51)35-21-9-3-10-22-35/h1-32,49-52H. The average molecular weight is 661 g/mol. The van der Waals surface area contributed by atoms with Crippen LogP contribution in [0.1, 0.15) is 68.2 Å². The minimum absolute atomic E-state index is 0.169. The van der Waals surface area contributed by atoms with E-state index in [0.29, 0.717) is 0 Å². The van der Waals surface area contributed by atoms with Crippen molar-refractivity contribution >= 4 is 0 Å². The molecular formula is C52H36. The van der Waals surface area contributed by atoms with Gasteiger partial charge in [-0.25, -0.2) is 0 Å². The summed E-state index contributed by atoms with van der Waals surface area (Å²) in [7, 11) is 0. The first-order valence-corrected chi connectivity index (χ1v) is 18.6. The van der Waals surface area contributed by atoms with E-state index in [1.54, 1.807) is 0 Å². The molecule has 0 radical (unpaired) electrons. The molecule has 0 fully saturated rings. The molecular weight excluding hydrogens is 625 g/mol. The molecule has 0 aromatic heterocycles. The summed E-state index contributed by atoms with van der Waals surface area (Å²) in [5.74, 6) is 0.674. The zero-order valence-corrected chi connectivity index (χ0v) is 28.8. The van der Waals surface area contributed by atoms with E-state index < -0.39 is 0 Å². The summed E-state index contributed by atoms with van der Waals surface area (Å²) in [5, 5.41) is 0. The summed E-state index contributed by atoms with van der Waals surface area (Å²) in [4.78, 5) is 0. The van der Waals surface area contributed by atoms with E-state index in [0.717, 1.165) is 0 Å². The molecule has 6 aliphatic rings. The summed E-state index contributed by atoms with van der Waals surface area (Å²) in [6, 6.07) is 73.2. The molecule has 0 heterocycles. The first-order valence-electron chi connectivity index (χ1n) is 18.6. The first-order chi connectivity index (χ1) is 25.8. The van der Waals surface area contributed by atoms with Gasteiger partial charge in [0, 0.05) is 23.7 Å². The topological polar surface area (TPSA) is 0 Å². The van der Waals surface area contributed by atoms with Crippen LogP contribution in [0, 0.1) is 0 Å². The third-order valence-electron chi connectivity index (χ3n) is 12.1. The van der Waals surface area contributed by atoms with E-state index in [1.165, 1.54) is 89.0 Å². The largest absolute Gasteiger partial charge is 0.0622 e. The lowest BCUT2D eigenvalue weighted by Gasteiger charge is -2.50. The van der Waals surface area contributed by atoms with Crippen LogP contribution >= 0.6 is 0 Å². The van der Waals surface area contributed by atoms with Crippen LogP contribution in [0.5, 0.6) is 0 Å². The van der Waals surface area contributed by atoms with E-state index in [9.17, 15) is 0 Å². The SMILES string of the molecule is c1ccc(-c2cc3c(cc2-c2ccccc2)C2c4ccccc4C3C3c4ccccc4C2c2cc(-c4ccccc4)c(-c4ccccc4)cc23)cc1. The van der Waals surface area contributed by atoms with Gasteiger partial charge in [-0.05, 0) is 113 Å². The van der Waals surface area contributed by atoms with Gasteiger partial charge in [0.25, 0.3) is 0 Å². The van der Waals surface area contributed by atoms with Crippen LogP contribution in [0.15, 0.2) is 194 Å². The molecule has 0 amide bonds. The van der Waals surface area contributed by atoms with Gasteiger partial charge < -0.3 is 0 Å². The van der Waals surface area contributed by atoms with Crippen LogP contribution in [0.4, 0.5) is 0 Å². The maximum absolute atomic E-state index is 2.58. The van der Waals surface area contributed by atoms with Gasteiger partial charge >= 0.3 is 0 Å². The summed E-state index contributed by atoms with van der Waals surface area (Å²) in [6.45, 7) is 0. The highest BCUT2D eigenvalue weighted by molar-refractivity contribution is 5.89. The van der Waals surface area contributed by atoms with Crippen LogP contribution < -0.4 is 0 Å². The second-order valence-corrected chi connectivity index (χ2v) is 14.7. The molecule has 14 rings (SSSR count). The smallest absolute Gasteiger partial charge is 0.0205 e. The number of benzene rings is 8. The van der Waals surface area contributed by atoms with Crippen molar-refractivity contribution < 1.29 is 0 Å². The van der Waals surface area contributed by atoms with Crippen molar-refractivity contribution in [2.24, 2.45) is 0 Å². The Morgan fingerprint density at radius 3 is 0.596 bits per heavy atom. The maximum atomic E-state index is 2.58. The van der Waals surface area contributed by atoms with Crippen molar-refractivity contribution in [3.63, 3.8) is 0 Å². The van der Waals surface area contributed by atoms with Gasteiger partial charge in [0.2, 0.25) is 0 Å². The monoisotopic (exact) mass is 660 g/mol. The Balaban J connectivity index is 1.26. The fourth-order valence-electron chi connectivity index (χ4n) is 10.0. The quantitative estimate of drug-likeness (QED) is 0.176. The third-order valence-corrected chi connectivity index (χ3v) is 12.1. The van der Waals surface area contributed by atoms with Crippen molar-refractivity contribution in [1.82, 2.24) is 0 Å². The number of hydrogen-bond acceptors (Lipinski definition) is 0. The number of rotatable bonds is 4. The Kier molecular flexibility index (Phi) is 6.61. The van der Waals surface area contributed by atoms with Crippen LogP contribution in [0.2, 0.25) is 0 Å². The van der Waals surface area contributed by atoms with E-state index in [2.05, 4.69) is 194 Å². The highest BCUT2D eigenvalue weighted by atomic mass is 14.5. The second kappa shape index (κ2) is 11.7. The van der Waals surface area contributed by atoms with E-state index in [1.807, 2.05) is 0 Å². The molecule has 4 atom stereocenters. The lowest BCUT2D eigenvalue weighted by Crippen LogP contribution is -2.36. The van der Waals surface area contributed by atoms with E-state index >= 15 is 0 Å². The molecule has 0 nitrogen and oxygen atoms in total. The molecule has 8 aromatic rings. The summed E-state index contributed by atoms with van der Waals surface area (Å²) >= 11 is 0. The lowest BCUT2D eigenvalue weighted by molar-refractivity contribution is 0.530. The van der Waals surface area contributed by atoms with Crippen molar-refractivity contribution in [3.05, 3.63) is 239 Å². The lowest BCUT2D eigenvalue weighted by atomic mass is 9.52. The molecule has 4 bridgehead atoms. The van der Waals surface area contributed by atoms with Gasteiger partial charge in [0.05, 0.1) is 0 Å². The Bertz CT molecular complexity index is 2250. The van der Waals surface area contributed by atoms with Crippen LogP contribution in [-0.2, 0) is 0 Å². The predicted octanol–water partition coefficient (Wildman–Crippen LogP) is 13.2. The van der Waals surface area contributed by atoms with Gasteiger partial charge in [-0.1, -0.05) is 170 Å². The number of hydrogen-bond donors (Lipinski definition) is 0. The molecule has 52 heavy (non-hydrogen) atoms. The van der Waals surface area contributed by atoms with Gasteiger partial charge in [-0.3, -0.25) is 0 Å². The fraction of sp³-hybridized carbons (Fsp3) is 0.0769. The van der Waals surface area contributed by atoms with Crippen LogP contribution in [-0.4, -0.2) is 0 Å². The van der Waals surface area contributed by atoms with Crippen molar-refractivity contribution in [1.29, 1.82) is 0 Å². The van der Waals surface area contributed by atoms with Gasteiger partial charge in [-0.2, -0.15) is 0 Å². The predicted molar refractivity (Wildman–Crippen MR) is 215 cm³/mol. The van der Waals surface area contributed by atoms with Gasteiger partial charge in [-0.15, -0.1) is 0 Å². The molecule has 244 valence electrons. The molecule has 0 N–H and O–H groups in total. The minimum atomic E-state index is 0.169. The third kappa shape index (κ3) is 4.34. The highest BCUT2D eigenvalue weighted by Crippen LogP contribution is 2.65. The molecule has 0 heteroatoms. The van der Waals surface area contributed by atoms with Gasteiger partial charge in [0.15, 0.2) is 0 Å². The molecule has 0 spiro atoms. The molecule has 4 unspecified atom stereocenters. The van der Waals surface area contributed by atoms with Crippen LogP contribution in [0.25, 0.3) is 44.5 Å². The average Bonchev–Trinajstić information content (AvgIpc) is 3.22. The molecule has 0 saturated heterocycles. The Hall–Kier alpha value is -6.24. The normalized spacial score (nSPS) is 18.8. The summed E-state index contributed by atoms with van der Waals surface area (Å²) in [6.07, 6.45) is 0. The van der Waals surface area contributed by atoms with E-state index in [4.69, 9.17) is 0 Å².